The van der Waals surface area contributed by atoms with E-state index < -0.39 is 0 Å². The number of hydrogen-bond donors (Lipinski definition) is 1. The highest BCUT2D eigenvalue weighted by Crippen LogP contribution is 2.31. The molecule has 19 heavy (non-hydrogen) atoms. The van der Waals surface area contributed by atoms with E-state index >= 15 is 0 Å². The Morgan fingerprint density at radius 2 is 1.89 bits per heavy atom. The molecule has 0 aliphatic rings. The highest BCUT2D eigenvalue weighted by Gasteiger charge is 2.06. The van der Waals surface area contributed by atoms with Crippen LogP contribution in [0.3, 0.4) is 0 Å². The number of fused-ring (bicyclic) bond motifs is 1. The average molecular weight is 269 g/mol. The predicted octanol–water partition coefficient (Wildman–Crippen LogP) is 3.96. The van der Waals surface area contributed by atoms with Crippen LogP contribution in [0, 0.1) is 13.0 Å². The SMILES string of the molecule is Cc1ccc(-c2cc3c[c]c(=O)[nH]c3cc2Cl)cc1. The van der Waals surface area contributed by atoms with Crippen LogP contribution in [0.4, 0.5) is 0 Å². The molecule has 0 aliphatic heterocycles. The molecule has 0 saturated heterocycles. The average Bonchev–Trinajstić information content (AvgIpc) is 2.39. The lowest BCUT2D eigenvalue weighted by Gasteiger charge is -2.07. The van der Waals surface area contributed by atoms with Crippen molar-refractivity contribution in [3.05, 3.63) is 69.5 Å². The Labute approximate surface area is 115 Å². The fourth-order valence-electron chi connectivity index (χ4n) is 2.07. The Kier molecular flexibility index (Phi) is 2.88. The van der Waals surface area contributed by atoms with Crippen molar-refractivity contribution in [2.75, 3.05) is 0 Å². The van der Waals surface area contributed by atoms with E-state index in [4.69, 9.17) is 11.6 Å². The van der Waals surface area contributed by atoms with Gasteiger partial charge in [0.05, 0.1) is 11.1 Å². The van der Waals surface area contributed by atoms with E-state index in [1.54, 1.807) is 12.1 Å². The van der Waals surface area contributed by atoms with E-state index in [9.17, 15) is 4.79 Å². The maximum atomic E-state index is 11.2. The zero-order valence-corrected chi connectivity index (χ0v) is 11.1. The molecule has 1 aromatic heterocycles. The molecule has 0 bridgehead atoms. The second-order valence-electron chi connectivity index (χ2n) is 4.53. The van der Waals surface area contributed by atoms with Crippen molar-refractivity contribution in [3.63, 3.8) is 0 Å². The summed E-state index contributed by atoms with van der Waals surface area (Å²) in [6.45, 7) is 2.05. The molecule has 0 spiro atoms. The number of halogens is 1. The molecule has 0 saturated carbocycles. The van der Waals surface area contributed by atoms with E-state index in [-0.39, 0.29) is 5.56 Å². The van der Waals surface area contributed by atoms with Crippen molar-refractivity contribution < 1.29 is 0 Å². The van der Waals surface area contributed by atoms with Gasteiger partial charge >= 0.3 is 0 Å². The Morgan fingerprint density at radius 1 is 1.16 bits per heavy atom. The summed E-state index contributed by atoms with van der Waals surface area (Å²) in [7, 11) is 0. The molecule has 0 fully saturated rings. The maximum absolute atomic E-state index is 11.2. The quantitative estimate of drug-likeness (QED) is 0.712. The molecule has 3 aromatic rings. The van der Waals surface area contributed by atoms with Crippen LogP contribution in [-0.2, 0) is 0 Å². The summed E-state index contributed by atoms with van der Waals surface area (Å²) in [6.07, 6.45) is 0. The van der Waals surface area contributed by atoms with E-state index in [2.05, 4.69) is 23.2 Å². The van der Waals surface area contributed by atoms with Crippen molar-refractivity contribution in [3.8, 4) is 11.1 Å². The first-order valence-corrected chi connectivity index (χ1v) is 6.32. The molecule has 0 unspecified atom stereocenters. The fraction of sp³-hybridized carbons (Fsp3) is 0.0625. The molecule has 0 atom stereocenters. The van der Waals surface area contributed by atoms with Gasteiger partial charge in [-0.1, -0.05) is 41.4 Å². The Bertz CT molecular complexity index is 803. The molecule has 1 radical (unpaired) electrons. The van der Waals surface area contributed by atoms with Crippen LogP contribution in [0.15, 0.2) is 47.3 Å². The minimum atomic E-state index is -0.244. The first-order chi connectivity index (χ1) is 9.13. The van der Waals surface area contributed by atoms with Gasteiger partial charge < -0.3 is 4.98 Å². The number of aryl methyl sites for hydroxylation is 1. The summed E-state index contributed by atoms with van der Waals surface area (Å²) < 4.78 is 0. The van der Waals surface area contributed by atoms with E-state index in [1.165, 1.54) is 5.56 Å². The lowest BCUT2D eigenvalue weighted by atomic mass is 10.0. The third-order valence-electron chi connectivity index (χ3n) is 3.11. The summed E-state index contributed by atoms with van der Waals surface area (Å²) >= 11 is 6.30. The van der Waals surface area contributed by atoms with Gasteiger partial charge in [0.15, 0.2) is 0 Å². The predicted molar refractivity (Wildman–Crippen MR) is 78.6 cm³/mol. The van der Waals surface area contributed by atoms with Crippen molar-refractivity contribution >= 4 is 22.5 Å². The van der Waals surface area contributed by atoms with Gasteiger partial charge in [-0.2, -0.15) is 0 Å². The number of rotatable bonds is 1. The molecule has 3 rings (SSSR count). The Hall–Kier alpha value is -2.06. The first-order valence-electron chi connectivity index (χ1n) is 5.95. The second-order valence-corrected chi connectivity index (χ2v) is 4.94. The highest BCUT2D eigenvalue weighted by molar-refractivity contribution is 6.34. The number of nitrogens with one attached hydrogen (secondary N) is 1. The van der Waals surface area contributed by atoms with Gasteiger partial charge in [-0.15, -0.1) is 0 Å². The van der Waals surface area contributed by atoms with Crippen LogP contribution in [0.2, 0.25) is 5.02 Å². The maximum Gasteiger partial charge on any atom is 0.256 e. The molecule has 93 valence electrons. The summed E-state index contributed by atoms with van der Waals surface area (Å²) in [5.41, 5.74) is 3.70. The Morgan fingerprint density at radius 3 is 2.63 bits per heavy atom. The van der Waals surface area contributed by atoms with Crippen LogP contribution >= 0.6 is 11.6 Å². The lowest BCUT2D eigenvalue weighted by Crippen LogP contribution is -2.03. The largest absolute Gasteiger partial charge is 0.321 e. The van der Waals surface area contributed by atoms with Gasteiger partial charge in [-0.25, -0.2) is 0 Å². The molecule has 1 N–H and O–H groups in total. The minimum absolute atomic E-state index is 0.244. The van der Waals surface area contributed by atoms with Gasteiger partial charge in [0.2, 0.25) is 0 Å². The first kappa shape index (κ1) is 12.0. The van der Waals surface area contributed by atoms with Gasteiger partial charge in [0, 0.05) is 11.1 Å². The van der Waals surface area contributed by atoms with Crippen molar-refractivity contribution in [1.82, 2.24) is 4.98 Å². The number of hydrogen-bond acceptors (Lipinski definition) is 1. The van der Waals surface area contributed by atoms with Gasteiger partial charge in [0.1, 0.15) is 0 Å². The van der Waals surface area contributed by atoms with Gasteiger partial charge in [-0.3, -0.25) is 4.79 Å². The van der Waals surface area contributed by atoms with Crippen molar-refractivity contribution in [2.45, 2.75) is 6.92 Å². The molecule has 2 aromatic carbocycles. The highest BCUT2D eigenvalue weighted by atomic mass is 35.5. The third-order valence-corrected chi connectivity index (χ3v) is 3.42. The standard InChI is InChI=1S/C16H11ClNO/c1-10-2-4-11(5-3-10)13-8-12-6-7-16(19)18-15(12)9-14(13)17/h2-6,8-9H,1H3,(H,18,19). The van der Waals surface area contributed by atoms with Crippen LogP contribution < -0.4 is 5.56 Å². The number of pyridine rings is 1. The van der Waals surface area contributed by atoms with E-state index in [1.807, 2.05) is 25.1 Å². The van der Waals surface area contributed by atoms with Crippen LogP contribution in [0.25, 0.3) is 22.0 Å². The minimum Gasteiger partial charge on any atom is -0.321 e. The Balaban J connectivity index is 2.24. The lowest BCUT2D eigenvalue weighted by molar-refractivity contribution is 1.30. The van der Waals surface area contributed by atoms with Crippen LogP contribution in [0.5, 0.6) is 0 Å². The molecule has 1 heterocycles. The number of aromatic amines is 1. The molecular weight excluding hydrogens is 258 g/mol. The van der Waals surface area contributed by atoms with E-state index in [0.29, 0.717) is 5.02 Å². The molecule has 0 aliphatic carbocycles. The van der Waals surface area contributed by atoms with Crippen LogP contribution in [-0.4, -0.2) is 4.98 Å². The van der Waals surface area contributed by atoms with Crippen LogP contribution in [0.1, 0.15) is 5.56 Å². The van der Waals surface area contributed by atoms with Crippen molar-refractivity contribution in [2.24, 2.45) is 0 Å². The topological polar surface area (TPSA) is 32.9 Å². The second kappa shape index (κ2) is 4.56. The molecule has 3 heteroatoms. The fourth-order valence-corrected chi connectivity index (χ4v) is 2.35. The van der Waals surface area contributed by atoms with Gasteiger partial charge in [-0.05, 0) is 36.1 Å². The number of aromatic nitrogens is 1. The molecule has 2 nitrogen and oxygen atoms in total. The van der Waals surface area contributed by atoms with Crippen molar-refractivity contribution in [1.29, 1.82) is 0 Å². The summed E-state index contributed by atoms with van der Waals surface area (Å²) in [5.74, 6) is 0. The molecular formula is C16H11ClNO. The normalized spacial score (nSPS) is 10.8. The smallest absolute Gasteiger partial charge is 0.256 e. The molecule has 0 amide bonds. The zero-order valence-electron chi connectivity index (χ0n) is 10.3. The zero-order chi connectivity index (χ0) is 13.4. The monoisotopic (exact) mass is 268 g/mol. The summed E-state index contributed by atoms with van der Waals surface area (Å²) in [6, 6.07) is 16.2. The van der Waals surface area contributed by atoms with Gasteiger partial charge in [0.25, 0.3) is 5.56 Å². The van der Waals surface area contributed by atoms with E-state index in [0.717, 1.165) is 22.0 Å². The summed E-state index contributed by atoms with van der Waals surface area (Å²) in [5, 5.41) is 1.54. The third kappa shape index (κ3) is 2.27. The number of benzene rings is 2. The summed E-state index contributed by atoms with van der Waals surface area (Å²) in [4.78, 5) is 14.0. The number of H-pyrrole nitrogens is 1.